The van der Waals surface area contributed by atoms with Crippen molar-refractivity contribution in [2.75, 3.05) is 6.54 Å². The van der Waals surface area contributed by atoms with E-state index in [0.717, 1.165) is 6.42 Å². The van der Waals surface area contributed by atoms with Crippen molar-refractivity contribution in [2.45, 2.75) is 57.4 Å². The van der Waals surface area contributed by atoms with Gasteiger partial charge in [-0.1, -0.05) is 26.2 Å². The molecule has 3 saturated carbocycles. The van der Waals surface area contributed by atoms with Crippen LogP contribution in [0.3, 0.4) is 0 Å². The predicted molar refractivity (Wildman–Crippen MR) is 71.9 cm³/mol. The van der Waals surface area contributed by atoms with Crippen molar-refractivity contribution in [3.63, 3.8) is 0 Å². The number of hydrogen-bond acceptors (Lipinski definition) is 2. The molecule has 0 aliphatic heterocycles. The number of carbonyl (C=O) groups excluding carboxylic acids is 1. The van der Waals surface area contributed by atoms with Crippen LogP contribution in [0.4, 0.5) is 0 Å². The minimum absolute atomic E-state index is 0.105. The molecule has 3 heteroatoms. The maximum atomic E-state index is 12.4. The third kappa shape index (κ3) is 1.87. The largest absolute Gasteiger partial charge is 0.349 e. The smallest absolute Gasteiger partial charge is 0.224 e. The molecule has 3 aliphatic rings. The van der Waals surface area contributed by atoms with Crippen molar-refractivity contribution < 1.29 is 4.79 Å². The fraction of sp³-hybridized carbons (Fsp3) is 0.933. The lowest BCUT2D eigenvalue weighted by Gasteiger charge is -2.42. The van der Waals surface area contributed by atoms with E-state index < -0.39 is 0 Å². The lowest BCUT2D eigenvalue weighted by molar-refractivity contribution is -0.126. The van der Waals surface area contributed by atoms with Gasteiger partial charge in [-0.2, -0.15) is 0 Å². The number of fused-ring (bicyclic) bond motifs is 1. The Hall–Kier alpha value is -0.570. The van der Waals surface area contributed by atoms with E-state index in [1.165, 1.54) is 38.5 Å². The molecule has 18 heavy (non-hydrogen) atoms. The molecule has 0 radical (unpaired) electrons. The lowest BCUT2D eigenvalue weighted by atomic mass is 9.73. The van der Waals surface area contributed by atoms with Crippen molar-refractivity contribution in [1.82, 2.24) is 5.32 Å². The van der Waals surface area contributed by atoms with Crippen LogP contribution in [0.5, 0.6) is 0 Å². The van der Waals surface area contributed by atoms with Crippen LogP contribution >= 0.6 is 0 Å². The van der Waals surface area contributed by atoms with Crippen molar-refractivity contribution in [3.8, 4) is 0 Å². The van der Waals surface area contributed by atoms with Gasteiger partial charge in [0, 0.05) is 12.5 Å². The molecule has 3 fully saturated rings. The minimum atomic E-state index is -0.105. The van der Waals surface area contributed by atoms with Crippen molar-refractivity contribution in [3.05, 3.63) is 0 Å². The van der Waals surface area contributed by atoms with Gasteiger partial charge in [-0.05, 0) is 43.4 Å². The van der Waals surface area contributed by atoms with Gasteiger partial charge in [0.2, 0.25) is 5.91 Å². The fourth-order valence-corrected chi connectivity index (χ4v) is 4.49. The summed E-state index contributed by atoms with van der Waals surface area (Å²) in [5.74, 6) is 2.58. The topological polar surface area (TPSA) is 55.1 Å². The highest BCUT2D eigenvalue weighted by Gasteiger charge is 2.57. The summed E-state index contributed by atoms with van der Waals surface area (Å²) in [6, 6.07) is 0. The Labute approximate surface area is 110 Å². The second kappa shape index (κ2) is 4.52. The molecule has 3 N–H and O–H groups in total. The monoisotopic (exact) mass is 250 g/mol. The Balaban J connectivity index is 1.64. The third-order valence-corrected chi connectivity index (χ3v) is 5.90. The number of hydrogen-bond donors (Lipinski definition) is 2. The summed E-state index contributed by atoms with van der Waals surface area (Å²) in [5.41, 5.74) is 5.89. The van der Waals surface area contributed by atoms with Crippen LogP contribution < -0.4 is 11.1 Å². The summed E-state index contributed by atoms with van der Waals surface area (Å²) < 4.78 is 0. The molecule has 3 rings (SSSR count). The van der Waals surface area contributed by atoms with Gasteiger partial charge in [0.25, 0.3) is 0 Å². The summed E-state index contributed by atoms with van der Waals surface area (Å²) in [6.07, 6.45) is 8.64. The standard InChI is InChI=1S/C15H26N2O/c1-10-5-2-3-8-15(10,9-16)17-14(18)13-11-6-4-7-12(11)13/h10-13H,2-9,16H2,1H3,(H,17,18). The number of carbonyl (C=O) groups is 1. The molecule has 4 atom stereocenters. The van der Waals surface area contributed by atoms with Gasteiger partial charge in [0.15, 0.2) is 0 Å². The van der Waals surface area contributed by atoms with Gasteiger partial charge in [0.05, 0.1) is 5.54 Å². The number of nitrogens with one attached hydrogen (secondary N) is 1. The molecule has 0 aromatic rings. The van der Waals surface area contributed by atoms with Crippen molar-refractivity contribution >= 4 is 5.91 Å². The highest BCUT2D eigenvalue weighted by Crippen LogP contribution is 2.57. The highest BCUT2D eigenvalue weighted by molar-refractivity contribution is 5.83. The second-order valence-corrected chi connectivity index (χ2v) is 6.78. The van der Waals surface area contributed by atoms with E-state index in [9.17, 15) is 4.79 Å². The van der Waals surface area contributed by atoms with E-state index in [-0.39, 0.29) is 5.54 Å². The molecule has 0 saturated heterocycles. The fourth-order valence-electron chi connectivity index (χ4n) is 4.49. The SMILES string of the molecule is CC1CCCCC1(CN)NC(=O)C1C2CCCC21. The Kier molecular flexibility index (Phi) is 3.13. The Morgan fingerprint density at radius 1 is 1.22 bits per heavy atom. The average Bonchev–Trinajstić information content (AvgIpc) is 2.86. The van der Waals surface area contributed by atoms with Gasteiger partial charge >= 0.3 is 0 Å². The van der Waals surface area contributed by atoms with Gasteiger partial charge in [-0.25, -0.2) is 0 Å². The number of nitrogens with two attached hydrogens (primary N) is 1. The molecule has 0 aromatic heterocycles. The summed E-state index contributed by atoms with van der Waals surface area (Å²) >= 11 is 0. The molecule has 0 heterocycles. The van der Waals surface area contributed by atoms with Crippen LogP contribution in [0.25, 0.3) is 0 Å². The van der Waals surface area contributed by atoms with Gasteiger partial charge in [-0.3, -0.25) is 4.79 Å². The first kappa shape index (κ1) is 12.5. The predicted octanol–water partition coefficient (Wildman–Crippen LogP) is 2.06. The quantitative estimate of drug-likeness (QED) is 0.805. The van der Waals surface area contributed by atoms with Crippen LogP contribution in [0.1, 0.15) is 51.9 Å². The molecule has 3 nitrogen and oxygen atoms in total. The maximum absolute atomic E-state index is 12.4. The van der Waals surface area contributed by atoms with Crippen LogP contribution in [0, 0.1) is 23.7 Å². The van der Waals surface area contributed by atoms with E-state index in [1.807, 2.05) is 0 Å². The van der Waals surface area contributed by atoms with Crippen LogP contribution in [0.15, 0.2) is 0 Å². The van der Waals surface area contributed by atoms with Gasteiger partial charge < -0.3 is 11.1 Å². The third-order valence-electron chi connectivity index (χ3n) is 5.90. The van der Waals surface area contributed by atoms with Gasteiger partial charge in [-0.15, -0.1) is 0 Å². The Morgan fingerprint density at radius 2 is 1.94 bits per heavy atom. The first-order valence-corrected chi connectivity index (χ1v) is 7.70. The summed E-state index contributed by atoms with van der Waals surface area (Å²) in [5, 5.41) is 3.36. The summed E-state index contributed by atoms with van der Waals surface area (Å²) in [4.78, 5) is 12.4. The maximum Gasteiger partial charge on any atom is 0.224 e. The van der Waals surface area contributed by atoms with E-state index in [4.69, 9.17) is 5.73 Å². The van der Waals surface area contributed by atoms with E-state index >= 15 is 0 Å². The van der Waals surface area contributed by atoms with Crippen LogP contribution in [-0.2, 0) is 4.79 Å². The van der Waals surface area contributed by atoms with Crippen molar-refractivity contribution in [2.24, 2.45) is 29.4 Å². The molecule has 1 amide bonds. The molecule has 0 bridgehead atoms. The lowest BCUT2D eigenvalue weighted by Crippen LogP contribution is -2.59. The zero-order chi connectivity index (χ0) is 12.8. The highest BCUT2D eigenvalue weighted by atomic mass is 16.2. The minimum Gasteiger partial charge on any atom is -0.349 e. The normalized spacial score (nSPS) is 46.6. The zero-order valence-corrected chi connectivity index (χ0v) is 11.5. The summed E-state index contributed by atoms with van der Waals surface area (Å²) in [7, 11) is 0. The first-order valence-electron chi connectivity index (χ1n) is 7.70. The summed E-state index contributed by atoms with van der Waals surface area (Å²) in [6.45, 7) is 2.85. The molecular weight excluding hydrogens is 224 g/mol. The number of rotatable bonds is 3. The van der Waals surface area contributed by atoms with Crippen molar-refractivity contribution in [1.29, 1.82) is 0 Å². The average molecular weight is 250 g/mol. The Morgan fingerprint density at radius 3 is 2.56 bits per heavy atom. The molecule has 0 spiro atoms. The molecule has 102 valence electrons. The zero-order valence-electron chi connectivity index (χ0n) is 11.5. The second-order valence-electron chi connectivity index (χ2n) is 6.78. The van der Waals surface area contributed by atoms with E-state index in [1.54, 1.807) is 0 Å². The molecule has 4 unspecified atom stereocenters. The van der Waals surface area contributed by atoms with E-state index in [0.29, 0.717) is 36.1 Å². The molecule has 0 aromatic carbocycles. The van der Waals surface area contributed by atoms with E-state index in [2.05, 4.69) is 12.2 Å². The Bertz CT molecular complexity index is 333. The van der Waals surface area contributed by atoms with Crippen LogP contribution in [0.2, 0.25) is 0 Å². The van der Waals surface area contributed by atoms with Gasteiger partial charge in [0.1, 0.15) is 0 Å². The first-order chi connectivity index (χ1) is 8.68. The molecular formula is C15H26N2O. The van der Waals surface area contributed by atoms with Crippen LogP contribution in [-0.4, -0.2) is 18.0 Å². The number of amides is 1. The molecule has 3 aliphatic carbocycles.